The van der Waals surface area contributed by atoms with Crippen LogP contribution in [0.4, 0.5) is 0 Å². The summed E-state index contributed by atoms with van der Waals surface area (Å²) in [5.74, 6) is -2.70. The summed E-state index contributed by atoms with van der Waals surface area (Å²) in [4.78, 5) is 19.7. The summed E-state index contributed by atoms with van der Waals surface area (Å²) in [5, 5.41) is 17.3. The number of benzene rings is 1. The summed E-state index contributed by atoms with van der Waals surface area (Å²) in [7, 11) is -4.94. The van der Waals surface area contributed by atoms with Crippen molar-refractivity contribution in [2.45, 2.75) is 64.0 Å². The van der Waals surface area contributed by atoms with Crippen LogP contribution in [0.5, 0.6) is 0 Å². The first-order chi connectivity index (χ1) is 13.6. The van der Waals surface area contributed by atoms with E-state index in [2.05, 4.69) is 63.3 Å². The van der Waals surface area contributed by atoms with E-state index in [4.69, 9.17) is 4.55 Å². The van der Waals surface area contributed by atoms with Gasteiger partial charge in [0.1, 0.15) is 5.25 Å². The Balaban J connectivity index is -0.000000502. The van der Waals surface area contributed by atoms with Crippen molar-refractivity contribution >= 4 is 22.1 Å². The molecule has 0 radical (unpaired) electrons. The van der Waals surface area contributed by atoms with Crippen LogP contribution >= 0.6 is 0 Å². The van der Waals surface area contributed by atoms with Crippen molar-refractivity contribution < 1.29 is 91.9 Å². The molecule has 10 heteroatoms. The summed E-state index contributed by atoms with van der Waals surface area (Å²) in [6, 6.07) is 10.9. The molecule has 0 saturated heterocycles. The topological polar surface area (TPSA) is 135 Å². The van der Waals surface area contributed by atoms with E-state index in [0.717, 1.165) is 5.92 Å². The maximum Gasteiger partial charge on any atom is 1.00 e. The van der Waals surface area contributed by atoms with E-state index in [1.807, 2.05) is 0 Å². The number of unbranched alkanes of at least 4 members (excludes halogenated alkanes) is 1. The van der Waals surface area contributed by atoms with E-state index in [1.54, 1.807) is 0 Å². The number of carboxylic acid groups (broad SMARTS) is 2. The third-order valence-electron chi connectivity index (χ3n) is 4.52. The van der Waals surface area contributed by atoms with E-state index < -0.39 is 33.7 Å². The zero-order valence-electron chi connectivity index (χ0n) is 19.1. The van der Waals surface area contributed by atoms with E-state index in [1.165, 1.54) is 31.2 Å². The third-order valence-corrected chi connectivity index (χ3v) is 5.60. The van der Waals surface area contributed by atoms with Crippen molar-refractivity contribution in [3.8, 4) is 0 Å². The maximum atomic E-state index is 10.2. The van der Waals surface area contributed by atoms with Gasteiger partial charge in [-0.05, 0) is 24.8 Å². The molecule has 0 aliphatic rings. The number of rotatable bonds is 11. The minimum atomic E-state index is -4.94. The van der Waals surface area contributed by atoms with Crippen molar-refractivity contribution in [1.29, 1.82) is 0 Å². The molecule has 0 aromatic heterocycles. The summed E-state index contributed by atoms with van der Waals surface area (Å²) in [6.45, 7) is 6.72. The maximum absolute atomic E-state index is 10.2. The molecule has 0 fully saturated rings. The normalized spacial score (nSPS) is 13.5. The second kappa shape index (κ2) is 19.3. The molecule has 1 rings (SSSR count). The van der Waals surface area contributed by atoms with Crippen LogP contribution in [-0.2, 0) is 19.7 Å². The predicted molar refractivity (Wildman–Crippen MR) is 107 cm³/mol. The SMILES string of the molecule is CC=CC(c1ccccc1)C(CC)CCCC.O=C([O-])CC(C(=O)[O-])S(=O)(=O)O.[Na+].[Na+]. The number of carboxylic acids is 2. The van der Waals surface area contributed by atoms with Gasteiger partial charge in [0.2, 0.25) is 0 Å². The number of aliphatic carboxylic acids is 2. The Kier molecular flexibility index (Phi) is 22.0. The molecular formula is C21H30Na2O7S. The number of carbonyl (C=O) groups excluding carboxylic acids is 2. The van der Waals surface area contributed by atoms with Crippen LogP contribution in [0.25, 0.3) is 0 Å². The summed E-state index contributed by atoms with van der Waals surface area (Å²) in [6.07, 6.45) is 8.50. The van der Waals surface area contributed by atoms with Gasteiger partial charge >= 0.3 is 59.1 Å². The van der Waals surface area contributed by atoms with Crippen LogP contribution in [0.2, 0.25) is 0 Å². The number of hydrogen-bond donors (Lipinski definition) is 1. The molecule has 3 unspecified atom stereocenters. The smallest absolute Gasteiger partial charge is 0.550 e. The summed E-state index contributed by atoms with van der Waals surface area (Å²) >= 11 is 0. The molecule has 0 heterocycles. The van der Waals surface area contributed by atoms with Gasteiger partial charge in [-0.2, -0.15) is 8.42 Å². The van der Waals surface area contributed by atoms with Gasteiger partial charge in [0.05, 0.1) is 5.97 Å². The molecule has 1 aromatic carbocycles. The fraction of sp³-hybridized carbons (Fsp3) is 0.524. The Hall–Kier alpha value is -0.190. The molecule has 1 aromatic rings. The van der Waals surface area contributed by atoms with Gasteiger partial charge in [-0.15, -0.1) is 0 Å². The zero-order chi connectivity index (χ0) is 22.4. The van der Waals surface area contributed by atoms with Crippen LogP contribution in [0.1, 0.15) is 64.4 Å². The molecule has 0 spiro atoms. The van der Waals surface area contributed by atoms with Crippen LogP contribution in [-0.4, -0.2) is 30.2 Å². The minimum absolute atomic E-state index is 0. The molecule has 3 atom stereocenters. The first-order valence-electron chi connectivity index (χ1n) is 9.63. The fourth-order valence-corrected chi connectivity index (χ4v) is 3.58. The Morgan fingerprint density at radius 1 is 1.10 bits per heavy atom. The van der Waals surface area contributed by atoms with Gasteiger partial charge in [0.15, 0.2) is 0 Å². The molecule has 31 heavy (non-hydrogen) atoms. The van der Waals surface area contributed by atoms with Gasteiger partial charge in [-0.25, -0.2) is 0 Å². The Morgan fingerprint density at radius 2 is 1.65 bits per heavy atom. The van der Waals surface area contributed by atoms with Crippen molar-refractivity contribution in [2.75, 3.05) is 0 Å². The average Bonchev–Trinajstić information content (AvgIpc) is 2.65. The summed E-state index contributed by atoms with van der Waals surface area (Å²) in [5.41, 5.74) is 1.47. The quantitative estimate of drug-likeness (QED) is 0.196. The number of carbonyl (C=O) groups is 2. The molecular weight excluding hydrogens is 442 g/mol. The largest absolute Gasteiger partial charge is 1.00 e. The molecule has 0 aliphatic carbocycles. The van der Waals surface area contributed by atoms with Gasteiger partial charge in [0.25, 0.3) is 10.1 Å². The van der Waals surface area contributed by atoms with Crippen LogP contribution < -0.4 is 69.3 Å². The fourth-order valence-electron chi connectivity index (χ4n) is 2.99. The van der Waals surface area contributed by atoms with E-state index in [-0.39, 0.29) is 59.1 Å². The molecule has 0 bridgehead atoms. The second-order valence-electron chi connectivity index (χ2n) is 6.67. The Bertz CT molecular complexity index is 752. The predicted octanol–water partition coefficient (Wildman–Crippen LogP) is -4.30. The van der Waals surface area contributed by atoms with E-state index >= 15 is 0 Å². The van der Waals surface area contributed by atoms with Gasteiger partial charge in [-0.3, -0.25) is 4.55 Å². The Labute approximate surface area is 230 Å². The monoisotopic (exact) mass is 472 g/mol. The minimum Gasteiger partial charge on any atom is -0.550 e. The summed E-state index contributed by atoms with van der Waals surface area (Å²) < 4.78 is 28.5. The van der Waals surface area contributed by atoms with Gasteiger partial charge in [0, 0.05) is 18.3 Å². The second-order valence-corrected chi connectivity index (χ2v) is 8.27. The first-order valence-corrected chi connectivity index (χ1v) is 11.1. The van der Waals surface area contributed by atoms with E-state index in [9.17, 15) is 28.2 Å². The van der Waals surface area contributed by atoms with Gasteiger partial charge < -0.3 is 19.8 Å². The molecule has 0 saturated carbocycles. The number of hydrogen-bond acceptors (Lipinski definition) is 6. The van der Waals surface area contributed by atoms with Crippen LogP contribution in [0.15, 0.2) is 42.5 Å². The number of allylic oxidation sites excluding steroid dienone is 2. The first kappa shape index (κ1) is 35.4. The van der Waals surface area contributed by atoms with Crippen LogP contribution in [0, 0.1) is 5.92 Å². The van der Waals surface area contributed by atoms with Crippen molar-refractivity contribution in [3.05, 3.63) is 48.0 Å². The molecule has 164 valence electrons. The third kappa shape index (κ3) is 15.3. The van der Waals surface area contributed by atoms with E-state index in [0.29, 0.717) is 5.92 Å². The standard InChI is InChI=1S/C17H26.C4H6O7S.2Na/c1-4-7-12-15(6-3)17(11-5-2)16-13-9-8-10-14-16;5-3(6)1-2(4(7)8)12(9,10)11;;/h5,8-11,13-15,17H,4,6-7,12H2,1-3H3;2H,1H2,(H,5,6)(H,7,8)(H,9,10,11);;/q;;2*+1/p-2. The molecule has 1 N–H and O–H groups in total. The molecule has 0 amide bonds. The van der Waals surface area contributed by atoms with Crippen molar-refractivity contribution in [2.24, 2.45) is 5.92 Å². The van der Waals surface area contributed by atoms with Gasteiger partial charge in [-0.1, -0.05) is 75.6 Å². The van der Waals surface area contributed by atoms with Crippen molar-refractivity contribution in [1.82, 2.24) is 0 Å². The Morgan fingerprint density at radius 3 is 1.97 bits per heavy atom. The molecule has 7 nitrogen and oxygen atoms in total. The van der Waals surface area contributed by atoms with Crippen molar-refractivity contribution in [3.63, 3.8) is 0 Å². The van der Waals surface area contributed by atoms with Crippen LogP contribution in [0.3, 0.4) is 0 Å². The zero-order valence-corrected chi connectivity index (χ0v) is 23.9. The average molecular weight is 473 g/mol. The molecule has 0 aliphatic heterocycles.